The fourth-order valence-electron chi connectivity index (χ4n) is 0.802. The van der Waals surface area contributed by atoms with Crippen molar-refractivity contribution in [2.24, 2.45) is 0 Å². The van der Waals surface area contributed by atoms with Gasteiger partial charge in [-0.2, -0.15) is 4.98 Å². The second kappa shape index (κ2) is 5.37. The maximum Gasteiger partial charge on any atom is 0.378 e. The molecule has 0 radical (unpaired) electrons. The molecule has 0 amide bonds. The van der Waals surface area contributed by atoms with Gasteiger partial charge in [0.05, 0.1) is 6.61 Å². The molecule has 1 aromatic heterocycles. The predicted octanol–water partition coefficient (Wildman–Crippen LogP) is -2.61. The van der Waals surface area contributed by atoms with E-state index in [1.165, 1.54) is 12.3 Å². The molecule has 0 aliphatic rings. The fourth-order valence-corrected chi connectivity index (χ4v) is 0.802. The summed E-state index contributed by atoms with van der Waals surface area (Å²) in [5, 5.41) is 9.15. The summed E-state index contributed by atoms with van der Waals surface area (Å²) in [6.45, 7) is 2.01. The first-order chi connectivity index (χ1) is 5.75. The van der Waals surface area contributed by atoms with Gasteiger partial charge in [-0.15, -0.1) is 0 Å². The molecule has 0 aromatic carbocycles. The minimum atomic E-state index is -0.521. The Morgan fingerprint density at radius 2 is 2.38 bits per heavy atom. The molecule has 72 valence electrons. The summed E-state index contributed by atoms with van der Waals surface area (Å²) in [6.07, 6.45) is 1.53. The van der Waals surface area contributed by atoms with Gasteiger partial charge >= 0.3 is 11.8 Å². The highest BCUT2D eigenvalue weighted by atomic mass is 35.5. The summed E-state index contributed by atoms with van der Waals surface area (Å²) in [7, 11) is 0. The van der Waals surface area contributed by atoms with Crippen LogP contribution in [-0.2, 0) is 4.74 Å². The average Bonchev–Trinajstić information content (AvgIpc) is 2.05. The monoisotopic (exact) mass is 203 g/mol. The number of aromatic hydroxyl groups is 1. The third-order valence-corrected chi connectivity index (χ3v) is 1.33. The molecular weight excluding hydrogens is 194 g/mol. The van der Waals surface area contributed by atoms with Crippen molar-refractivity contribution in [3.05, 3.63) is 23.9 Å². The highest BCUT2D eigenvalue weighted by Crippen LogP contribution is 2.09. The van der Waals surface area contributed by atoms with Crippen LogP contribution in [0.1, 0.15) is 17.3 Å². The van der Waals surface area contributed by atoms with E-state index in [1.807, 2.05) is 0 Å². The van der Waals surface area contributed by atoms with Crippen molar-refractivity contribution >= 4 is 5.97 Å². The number of ether oxygens (including phenoxy) is 1. The van der Waals surface area contributed by atoms with E-state index in [4.69, 9.17) is 5.11 Å². The van der Waals surface area contributed by atoms with Gasteiger partial charge in [-0.1, -0.05) is 0 Å². The first kappa shape index (κ1) is 11.7. The van der Waals surface area contributed by atoms with Gasteiger partial charge in [0.15, 0.2) is 11.8 Å². The van der Waals surface area contributed by atoms with Crippen molar-refractivity contribution in [3.8, 4) is 5.88 Å². The highest BCUT2D eigenvalue weighted by Gasteiger charge is 2.15. The van der Waals surface area contributed by atoms with Gasteiger partial charge in [-0.3, -0.25) is 0 Å². The number of rotatable bonds is 2. The molecule has 0 saturated carbocycles. The molecule has 0 fully saturated rings. The zero-order chi connectivity index (χ0) is 8.97. The van der Waals surface area contributed by atoms with Crippen LogP contribution < -0.4 is 17.4 Å². The number of aromatic amines is 1. The summed E-state index contributed by atoms with van der Waals surface area (Å²) in [4.78, 5) is 13.6. The number of carbonyl (C=O) groups excluding carboxylic acids is 1. The minimum absolute atomic E-state index is 0. The molecule has 1 aromatic rings. The molecule has 0 aliphatic carbocycles. The number of esters is 1. The topological polar surface area (TPSA) is 60.7 Å². The molecule has 4 nitrogen and oxygen atoms in total. The van der Waals surface area contributed by atoms with Crippen LogP contribution in [-0.4, -0.2) is 17.7 Å². The van der Waals surface area contributed by atoms with Crippen LogP contribution in [0.25, 0.3) is 0 Å². The van der Waals surface area contributed by atoms with Gasteiger partial charge in [0.25, 0.3) is 0 Å². The zero-order valence-corrected chi connectivity index (χ0v) is 7.84. The van der Waals surface area contributed by atoms with E-state index >= 15 is 0 Å². The standard InChI is InChI=1S/C8H9NO3.ClH/c1-2-12-8(11)6-4-3-5-9-7(6)10;/h3-5H,2H2,1H3,(H,9,10);1H. The lowest BCUT2D eigenvalue weighted by Gasteiger charge is -1.98. The Labute approximate surface area is 82.0 Å². The van der Waals surface area contributed by atoms with E-state index in [0.29, 0.717) is 6.61 Å². The van der Waals surface area contributed by atoms with Crippen LogP contribution in [0.2, 0.25) is 0 Å². The third kappa shape index (κ3) is 2.91. The highest BCUT2D eigenvalue weighted by molar-refractivity contribution is 5.91. The van der Waals surface area contributed by atoms with Gasteiger partial charge in [0.1, 0.15) is 0 Å². The quantitative estimate of drug-likeness (QED) is 0.536. The summed E-state index contributed by atoms with van der Waals surface area (Å²) in [5.41, 5.74) is 0.152. The number of pyridine rings is 1. The minimum Gasteiger partial charge on any atom is -1.00 e. The van der Waals surface area contributed by atoms with Gasteiger partial charge in [0.2, 0.25) is 0 Å². The Bertz CT molecular complexity index is 290. The largest absolute Gasteiger partial charge is 1.00 e. The third-order valence-electron chi connectivity index (χ3n) is 1.33. The van der Waals surface area contributed by atoms with Crippen molar-refractivity contribution < 1.29 is 32.0 Å². The normalized spacial score (nSPS) is 8.69. The zero-order valence-electron chi connectivity index (χ0n) is 7.08. The molecule has 5 heteroatoms. The fraction of sp³-hybridized carbons (Fsp3) is 0.250. The molecule has 0 bridgehead atoms. The molecule has 0 aliphatic heterocycles. The van der Waals surface area contributed by atoms with Crippen molar-refractivity contribution in [2.45, 2.75) is 6.92 Å². The summed E-state index contributed by atoms with van der Waals surface area (Å²) < 4.78 is 4.69. The smallest absolute Gasteiger partial charge is 0.378 e. The predicted molar refractivity (Wildman–Crippen MR) is 40.6 cm³/mol. The van der Waals surface area contributed by atoms with Crippen LogP contribution in [0.3, 0.4) is 0 Å². The average molecular weight is 204 g/mol. The van der Waals surface area contributed by atoms with Crippen LogP contribution in [0, 0.1) is 0 Å². The first-order valence-corrected chi connectivity index (χ1v) is 3.62. The van der Waals surface area contributed by atoms with Crippen molar-refractivity contribution in [2.75, 3.05) is 6.61 Å². The number of halogens is 1. The van der Waals surface area contributed by atoms with E-state index in [2.05, 4.69) is 9.72 Å². The lowest BCUT2D eigenvalue weighted by Crippen LogP contribution is -3.00. The van der Waals surface area contributed by atoms with Crippen LogP contribution in [0.4, 0.5) is 0 Å². The van der Waals surface area contributed by atoms with E-state index < -0.39 is 5.97 Å². The molecule has 0 atom stereocenters. The number of aromatic nitrogens is 1. The first-order valence-electron chi connectivity index (χ1n) is 3.62. The molecule has 1 heterocycles. The van der Waals surface area contributed by atoms with Crippen LogP contribution >= 0.6 is 0 Å². The van der Waals surface area contributed by atoms with E-state index in [1.54, 1.807) is 13.0 Å². The number of hydrogen-bond donors (Lipinski definition) is 1. The lowest BCUT2D eigenvalue weighted by molar-refractivity contribution is -0.394. The van der Waals surface area contributed by atoms with Gasteiger partial charge in [-0.05, 0) is 13.0 Å². The van der Waals surface area contributed by atoms with Gasteiger partial charge < -0.3 is 22.3 Å². The number of carbonyl (C=O) groups is 1. The Morgan fingerprint density at radius 3 is 2.92 bits per heavy atom. The number of hydrogen-bond acceptors (Lipinski definition) is 3. The number of nitrogens with one attached hydrogen (secondary N) is 1. The van der Waals surface area contributed by atoms with E-state index in [0.717, 1.165) is 0 Å². The Kier molecular flexibility index (Phi) is 4.84. The van der Waals surface area contributed by atoms with Crippen molar-refractivity contribution in [3.63, 3.8) is 0 Å². The summed E-state index contributed by atoms with van der Waals surface area (Å²) in [6, 6.07) is 3.11. The molecule has 0 unspecified atom stereocenters. The molecule has 13 heavy (non-hydrogen) atoms. The molecule has 1 rings (SSSR count). The molecular formula is C8H10ClNO3. The van der Waals surface area contributed by atoms with Crippen molar-refractivity contribution in [1.29, 1.82) is 0 Å². The molecule has 0 saturated heterocycles. The molecule has 2 N–H and O–H groups in total. The Morgan fingerprint density at radius 1 is 1.69 bits per heavy atom. The maximum absolute atomic E-state index is 11.1. The van der Waals surface area contributed by atoms with Crippen molar-refractivity contribution in [1.82, 2.24) is 0 Å². The second-order valence-electron chi connectivity index (χ2n) is 2.15. The lowest BCUT2D eigenvalue weighted by atomic mass is 10.3. The SMILES string of the molecule is CCOC(=O)c1ccc[nH+]c1O.[Cl-]. The summed E-state index contributed by atoms with van der Waals surface area (Å²) >= 11 is 0. The summed E-state index contributed by atoms with van der Waals surface area (Å²) in [5.74, 6) is -0.692. The van der Waals surface area contributed by atoms with Gasteiger partial charge in [0, 0.05) is 6.07 Å². The van der Waals surface area contributed by atoms with Crippen LogP contribution in [0.15, 0.2) is 18.3 Å². The van der Waals surface area contributed by atoms with Gasteiger partial charge in [-0.25, -0.2) is 4.79 Å². The van der Waals surface area contributed by atoms with Crippen LogP contribution in [0.5, 0.6) is 5.88 Å². The Balaban J connectivity index is 0.00000144. The van der Waals surface area contributed by atoms with E-state index in [9.17, 15) is 4.79 Å². The maximum atomic E-state index is 11.1. The Hall–Kier alpha value is -1.29. The second-order valence-corrected chi connectivity index (χ2v) is 2.15. The number of H-pyrrole nitrogens is 1. The van der Waals surface area contributed by atoms with E-state index in [-0.39, 0.29) is 23.9 Å². The molecule has 0 spiro atoms.